The monoisotopic (exact) mass is 437 g/mol. The number of carbonyl (C=O) groups excluding carboxylic acids is 2. The predicted molar refractivity (Wildman–Crippen MR) is 134 cm³/mol. The summed E-state index contributed by atoms with van der Waals surface area (Å²) in [6.07, 6.45) is 1.31. The van der Waals surface area contributed by atoms with Crippen LogP contribution in [0.25, 0.3) is 0 Å². The van der Waals surface area contributed by atoms with Gasteiger partial charge >= 0.3 is 0 Å². The lowest BCUT2D eigenvalue weighted by Gasteiger charge is -2.31. The molecule has 5 nitrogen and oxygen atoms in total. The van der Waals surface area contributed by atoms with Crippen molar-refractivity contribution in [3.8, 4) is 0 Å². The van der Waals surface area contributed by atoms with Crippen LogP contribution in [-0.4, -0.2) is 36.9 Å². The third-order valence-electron chi connectivity index (χ3n) is 5.53. The van der Waals surface area contributed by atoms with Crippen molar-refractivity contribution in [1.29, 1.82) is 0 Å². The molecule has 0 aliphatic heterocycles. The van der Waals surface area contributed by atoms with E-state index < -0.39 is 0 Å². The molecule has 1 atom stereocenters. The third kappa shape index (κ3) is 7.11. The van der Waals surface area contributed by atoms with Crippen LogP contribution in [0, 0.1) is 12.3 Å². The van der Waals surface area contributed by atoms with Crippen molar-refractivity contribution < 1.29 is 9.59 Å². The van der Waals surface area contributed by atoms with E-state index in [2.05, 4.69) is 19.2 Å². The Bertz CT molecular complexity index is 944. The summed E-state index contributed by atoms with van der Waals surface area (Å²) in [6.45, 7) is 12.8. The van der Waals surface area contributed by atoms with Crippen LogP contribution in [0.1, 0.15) is 68.9 Å². The van der Waals surface area contributed by atoms with Gasteiger partial charge in [0.1, 0.15) is 0 Å². The fourth-order valence-electron chi connectivity index (χ4n) is 3.69. The van der Waals surface area contributed by atoms with Crippen LogP contribution in [0.5, 0.6) is 0 Å². The number of amides is 2. The number of hydrogen-bond acceptors (Lipinski definition) is 3. The molecule has 174 valence electrons. The van der Waals surface area contributed by atoms with E-state index in [1.54, 1.807) is 0 Å². The summed E-state index contributed by atoms with van der Waals surface area (Å²) in [6, 6.07) is 13.7. The summed E-state index contributed by atoms with van der Waals surface area (Å²) in [4.78, 5) is 29.9. The maximum absolute atomic E-state index is 13.4. The van der Waals surface area contributed by atoms with Crippen LogP contribution >= 0.6 is 0 Å². The van der Waals surface area contributed by atoms with Gasteiger partial charge in [0.25, 0.3) is 5.91 Å². The zero-order valence-electron chi connectivity index (χ0n) is 21.0. The molecule has 0 aromatic heterocycles. The van der Waals surface area contributed by atoms with E-state index in [4.69, 9.17) is 0 Å². The molecule has 0 aliphatic carbocycles. The van der Waals surface area contributed by atoms with Gasteiger partial charge in [-0.15, -0.1) is 0 Å². The molecule has 5 heteroatoms. The van der Waals surface area contributed by atoms with Gasteiger partial charge in [-0.05, 0) is 61.6 Å². The number of carbonyl (C=O) groups is 2. The highest BCUT2D eigenvalue weighted by Gasteiger charge is 2.23. The molecule has 0 spiro atoms. The largest absolute Gasteiger partial charge is 0.377 e. The van der Waals surface area contributed by atoms with Crippen LogP contribution in [-0.2, 0) is 11.3 Å². The SMILES string of the molecule is CC[C@H](C)N(Cc1cc(NC(=O)CC(C)(C)C)ccc1N(C)C)C(=O)c1cccc(C)c1. The van der Waals surface area contributed by atoms with Crippen LogP contribution < -0.4 is 10.2 Å². The molecule has 2 aromatic rings. The van der Waals surface area contributed by atoms with E-state index in [0.717, 1.165) is 28.9 Å². The number of aryl methyl sites for hydroxylation is 1. The van der Waals surface area contributed by atoms with Crippen LogP contribution in [0.4, 0.5) is 11.4 Å². The fraction of sp³-hybridized carbons (Fsp3) is 0.481. The average Bonchev–Trinajstić information content (AvgIpc) is 2.69. The number of anilines is 2. The molecule has 2 aromatic carbocycles. The van der Waals surface area contributed by atoms with Gasteiger partial charge in [0.05, 0.1) is 0 Å². The topological polar surface area (TPSA) is 52.7 Å². The first-order valence-corrected chi connectivity index (χ1v) is 11.4. The Morgan fingerprint density at radius 2 is 1.75 bits per heavy atom. The maximum atomic E-state index is 13.4. The second-order valence-electron chi connectivity index (χ2n) is 10.1. The highest BCUT2D eigenvalue weighted by molar-refractivity contribution is 5.95. The number of nitrogens with one attached hydrogen (secondary N) is 1. The van der Waals surface area contributed by atoms with Crippen molar-refractivity contribution in [2.45, 2.75) is 67.0 Å². The molecule has 2 rings (SSSR count). The first-order valence-electron chi connectivity index (χ1n) is 11.4. The van der Waals surface area contributed by atoms with Crippen LogP contribution in [0.2, 0.25) is 0 Å². The van der Waals surface area contributed by atoms with Crippen molar-refractivity contribution in [1.82, 2.24) is 4.90 Å². The van der Waals surface area contributed by atoms with Gasteiger partial charge < -0.3 is 15.1 Å². The minimum Gasteiger partial charge on any atom is -0.377 e. The summed E-state index contributed by atoms with van der Waals surface area (Å²) < 4.78 is 0. The molecular weight excluding hydrogens is 398 g/mol. The number of hydrogen-bond donors (Lipinski definition) is 1. The molecule has 1 N–H and O–H groups in total. The molecule has 0 radical (unpaired) electrons. The Morgan fingerprint density at radius 3 is 2.31 bits per heavy atom. The van der Waals surface area contributed by atoms with E-state index in [9.17, 15) is 9.59 Å². The summed E-state index contributed by atoms with van der Waals surface area (Å²) in [5.41, 5.74) is 4.48. The molecule has 0 unspecified atom stereocenters. The molecule has 2 amide bonds. The van der Waals surface area contributed by atoms with Gasteiger partial charge in [-0.2, -0.15) is 0 Å². The normalized spacial score (nSPS) is 12.2. The van der Waals surface area contributed by atoms with Gasteiger partial charge in [-0.3, -0.25) is 9.59 Å². The van der Waals surface area contributed by atoms with Crippen molar-refractivity contribution in [3.05, 3.63) is 59.2 Å². The Morgan fingerprint density at radius 1 is 1.06 bits per heavy atom. The third-order valence-corrected chi connectivity index (χ3v) is 5.53. The van der Waals surface area contributed by atoms with Gasteiger partial charge in [0.15, 0.2) is 0 Å². The molecule has 0 heterocycles. The standard InChI is InChI=1S/C27H39N3O2/c1-9-20(3)30(26(32)21-12-10-11-19(2)15-21)18-22-16-23(13-14-24(22)29(7)8)28-25(31)17-27(4,5)6/h10-16,20H,9,17-18H2,1-8H3,(H,28,31)/t20-/m0/s1. The van der Waals surface area contributed by atoms with Gasteiger partial charge in [-0.25, -0.2) is 0 Å². The predicted octanol–water partition coefficient (Wildman–Crippen LogP) is 5.88. The Kier molecular flexibility index (Phi) is 8.48. The summed E-state index contributed by atoms with van der Waals surface area (Å²) >= 11 is 0. The Hall–Kier alpha value is -2.82. The molecule has 0 bridgehead atoms. The van der Waals surface area contributed by atoms with Crippen molar-refractivity contribution in [3.63, 3.8) is 0 Å². The lowest BCUT2D eigenvalue weighted by molar-refractivity contribution is -0.117. The number of benzene rings is 2. The maximum Gasteiger partial charge on any atom is 0.254 e. The second kappa shape index (κ2) is 10.7. The highest BCUT2D eigenvalue weighted by Crippen LogP contribution is 2.27. The Balaban J connectivity index is 2.38. The van der Waals surface area contributed by atoms with Crippen molar-refractivity contribution >= 4 is 23.2 Å². The zero-order chi connectivity index (χ0) is 24.1. The van der Waals surface area contributed by atoms with Gasteiger partial charge in [-0.1, -0.05) is 45.4 Å². The lowest BCUT2D eigenvalue weighted by Crippen LogP contribution is -2.38. The van der Waals surface area contributed by atoms with E-state index in [-0.39, 0.29) is 23.3 Å². The van der Waals surface area contributed by atoms with Gasteiger partial charge in [0.2, 0.25) is 5.91 Å². The first kappa shape index (κ1) is 25.4. The number of nitrogens with zero attached hydrogens (tertiary/aromatic N) is 2. The molecule has 0 fully saturated rings. The first-order chi connectivity index (χ1) is 14.9. The minimum absolute atomic E-state index is 0.00401. The zero-order valence-corrected chi connectivity index (χ0v) is 21.0. The molecule has 0 saturated carbocycles. The Labute approximate surface area is 193 Å². The van der Waals surface area contributed by atoms with E-state index in [1.165, 1.54) is 0 Å². The molecular formula is C27H39N3O2. The average molecular weight is 438 g/mol. The van der Waals surface area contributed by atoms with E-state index >= 15 is 0 Å². The second-order valence-corrected chi connectivity index (χ2v) is 10.1. The summed E-state index contributed by atoms with van der Waals surface area (Å²) in [7, 11) is 3.99. The highest BCUT2D eigenvalue weighted by atomic mass is 16.2. The minimum atomic E-state index is -0.0793. The smallest absolute Gasteiger partial charge is 0.254 e. The van der Waals surface area contributed by atoms with Gasteiger partial charge in [0, 0.05) is 50.0 Å². The molecule has 32 heavy (non-hydrogen) atoms. The summed E-state index contributed by atoms with van der Waals surface area (Å²) in [5.74, 6) is 0.0191. The summed E-state index contributed by atoms with van der Waals surface area (Å²) in [5, 5.41) is 3.03. The van der Waals surface area contributed by atoms with Crippen LogP contribution in [0.3, 0.4) is 0 Å². The van der Waals surface area contributed by atoms with E-state index in [0.29, 0.717) is 18.5 Å². The molecule has 0 aliphatic rings. The van der Waals surface area contributed by atoms with E-state index in [1.807, 2.05) is 94.1 Å². The van der Waals surface area contributed by atoms with Crippen LogP contribution in [0.15, 0.2) is 42.5 Å². The molecule has 0 saturated heterocycles. The fourth-order valence-corrected chi connectivity index (χ4v) is 3.69. The lowest BCUT2D eigenvalue weighted by atomic mass is 9.92. The quantitative estimate of drug-likeness (QED) is 0.561. The van der Waals surface area contributed by atoms with Crippen molar-refractivity contribution in [2.24, 2.45) is 5.41 Å². The number of rotatable bonds is 8. The van der Waals surface area contributed by atoms with Crippen molar-refractivity contribution in [2.75, 3.05) is 24.3 Å².